The van der Waals surface area contributed by atoms with E-state index >= 15 is 0 Å². The van der Waals surface area contributed by atoms with Crippen molar-refractivity contribution in [2.45, 2.75) is 13.8 Å². The van der Waals surface area contributed by atoms with E-state index in [0.717, 1.165) is 13.2 Å². The first-order chi connectivity index (χ1) is 6.41. The van der Waals surface area contributed by atoms with Crippen molar-refractivity contribution in [3.8, 4) is 0 Å². The van der Waals surface area contributed by atoms with Gasteiger partial charge in [-0.3, -0.25) is 0 Å². The molecule has 76 valence electrons. The predicted molar refractivity (Wildman–Crippen MR) is 49.7 cm³/mol. The molecule has 0 spiro atoms. The van der Waals surface area contributed by atoms with Crippen molar-refractivity contribution in [3.63, 3.8) is 0 Å². The van der Waals surface area contributed by atoms with Crippen LogP contribution in [0.25, 0.3) is 0 Å². The maximum Gasteiger partial charge on any atom is -0.0623 e. The zero-order valence-electron chi connectivity index (χ0n) is 8.07. The zero-order chi connectivity index (χ0) is 9.78. The van der Waals surface area contributed by atoms with E-state index in [-0.39, 0.29) is 22.0 Å². The molecule has 2 nitrogen and oxygen atoms in total. The van der Waals surface area contributed by atoms with Crippen molar-refractivity contribution < 1.29 is 28.2 Å². The van der Waals surface area contributed by atoms with Crippen LogP contribution in [0.4, 0.5) is 0 Å². The molecule has 0 aromatic heterocycles. The third-order valence-corrected chi connectivity index (χ3v) is 2.73. The molecule has 0 bridgehead atoms. The van der Waals surface area contributed by atoms with Crippen molar-refractivity contribution in [2.75, 3.05) is 13.2 Å². The van der Waals surface area contributed by atoms with E-state index in [2.05, 4.69) is 0 Å². The van der Waals surface area contributed by atoms with Gasteiger partial charge in [0.25, 0.3) is 0 Å². The van der Waals surface area contributed by atoms with Gasteiger partial charge in [-0.15, -0.1) is 0 Å². The quantitative estimate of drug-likeness (QED) is 0.559. The average molecular weight is 295 g/mol. The minimum atomic E-state index is -0.375. The van der Waals surface area contributed by atoms with Crippen LogP contribution < -0.4 is 22.0 Å². The third-order valence-electron chi connectivity index (χ3n) is 0.974. The molecule has 0 amide bonds. The fraction of sp³-hybridized carbons (Fsp3) is 0.400. The summed E-state index contributed by atoms with van der Waals surface area (Å²) in [6.07, 6.45) is 0. The Balaban J connectivity index is 0.000000223. The van der Waals surface area contributed by atoms with Gasteiger partial charge in [0, 0.05) is 0 Å². The van der Waals surface area contributed by atoms with Crippen LogP contribution in [0, 0.1) is 0 Å². The second-order valence-electron chi connectivity index (χ2n) is 2.01. The summed E-state index contributed by atoms with van der Waals surface area (Å²) in [5, 5.41) is 0. The summed E-state index contributed by atoms with van der Waals surface area (Å²) in [6.45, 7) is 5.51. The van der Waals surface area contributed by atoms with Crippen molar-refractivity contribution in [1.29, 1.82) is 0 Å². The first-order valence-electron chi connectivity index (χ1n) is 4.30. The molecule has 0 saturated carbocycles. The molecule has 0 aliphatic rings. The van der Waals surface area contributed by atoms with Crippen molar-refractivity contribution in [1.82, 2.24) is 0 Å². The van der Waals surface area contributed by atoms with Gasteiger partial charge in [-0.1, -0.05) is 36.4 Å². The van der Waals surface area contributed by atoms with Gasteiger partial charge in [-0.25, -0.2) is 0 Å². The minimum absolute atomic E-state index is 0.375. The smallest absolute Gasteiger partial charge is 0.0623 e. The average Bonchev–Trinajstić information content (AvgIpc) is 2.22. The molecule has 0 aliphatic heterocycles. The summed E-state index contributed by atoms with van der Waals surface area (Å²) in [5.41, 5.74) is 0. The van der Waals surface area contributed by atoms with Gasteiger partial charge < -0.3 is 0 Å². The molecule has 0 radical (unpaired) electrons. The fourth-order valence-electron chi connectivity index (χ4n) is 0.505. The first-order valence-corrected chi connectivity index (χ1v) is 6.06. The standard InChI is InChI=1S/C6H6.C4H10IO2/c1-2-4-6-5-3-1;1-3-6-5-7-4-2/h1-6H;3-4H2,1-2H3/q;-1. The van der Waals surface area contributed by atoms with E-state index in [0.29, 0.717) is 0 Å². The van der Waals surface area contributed by atoms with Crippen LogP contribution in [0.5, 0.6) is 0 Å². The van der Waals surface area contributed by atoms with E-state index < -0.39 is 0 Å². The number of halogens is 1. The third kappa shape index (κ3) is 11.9. The second-order valence-corrected chi connectivity index (χ2v) is 3.62. The maximum atomic E-state index is 4.96. The molecule has 0 heterocycles. The molecule has 1 rings (SSSR count). The van der Waals surface area contributed by atoms with Crippen LogP contribution in [-0.2, 0) is 6.13 Å². The van der Waals surface area contributed by atoms with Gasteiger partial charge in [0.05, 0.1) is 0 Å². The number of hydrogen-bond acceptors (Lipinski definition) is 2. The Kier molecular flexibility index (Phi) is 11.8. The van der Waals surface area contributed by atoms with Gasteiger partial charge in [0.1, 0.15) is 0 Å². The summed E-state index contributed by atoms with van der Waals surface area (Å²) in [7, 11) is 0. The monoisotopic (exact) mass is 295 g/mol. The molecular formula is C10H16IO2-. The predicted octanol–water partition coefficient (Wildman–Crippen LogP) is -0.335. The first kappa shape index (κ1) is 12.9. The maximum absolute atomic E-state index is 4.96. The molecule has 1 aromatic carbocycles. The van der Waals surface area contributed by atoms with Crippen LogP contribution in [0.3, 0.4) is 0 Å². The summed E-state index contributed by atoms with van der Waals surface area (Å²) in [6, 6.07) is 12.0. The van der Waals surface area contributed by atoms with E-state index in [1.54, 1.807) is 0 Å². The Morgan fingerprint density at radius 3 is 1.31 bits per heavy atom. The fourth-order valence-corrected chi connectivity index (χ4v) is 1.19. The van der Waals surface area contributed by atoms with Gasteiger partial charge in [0.15, 0.2) is 0 Å². The van der Waals surface area contributed by atoms with Gasteiger partial charge >= 0.3 is 55.2 Å². The molecule has 0 saturated heterocycles. The van der Waals surface area contributed by atoms with Crippen LogP contribution in [0.2, 0.25) is 0 Å². The summed E-state index contributed by atoms with van der Waals surface area (Å²) in [4.78, 5) is 0. The molecule has 0 fully saturated rings. The van der Waals surface area contributed by atoms with Crippen LogP contribution in [0.15, 0.2) is 36.4 Å². The van der Waals surface area contributed by atoms with Crippen LogP contribution in [-0.4, -0.2) is 13.2 Å². The van der Waals surface area contributed by atoms with Crippen LogP contribution >= 0.6 is 0 Å². The van der Waals surface area contributed by atoms with E-state index in [9.17, 15) is 0 Å². The van der Waals surface area contributed by atoms with Crippen molar-refractivity contribution in [3.05, 3.63) is 36.4 Å². The Hall–Kier alpha value is -0.130. The molecule has 0 aliphatic carbocycles. The largest absolute Gasteiger partial charge is 0.0623 e. The Morgan fingerprint density at radius 2 is 1.08 bits per heavy atom. The Bertz CT molecular complexity index is 137. The van der Waals surface area contributed by atoms with E-state index in [4.69, 9.17) is 6.13 Å². The van der Waals surface area contributed by atoms with E-state index in [1.807, 2.05) is 50.2 Å². The van der Waals surface area contributed by atoms with Crippen LogP contribution in [0.1, 0.15) is 13.8 Å². The van der Waals surface area contributed by atoms with E-state index in [1.165, 1.54) is 0 Å². The van der Waals surface area contributed by atoms with Gasteiger partial charge in [0.2, 0.25) is 0 Å². The Labute approximate surface area is 91.6 Å². The normalized spacial score (nSPS) is 9.08. The number of benzene rings is 1. The molecule has 1 aromatic rings. The van der Waals surface area contributed by atoms with Gasteiger partial charge in [-0.2, -0.15) is 0 Å². The number of rotatable bonds is 4. The summed E-state index contributed by atoms with van der Waals surface area (Å²) >= 11 is -0.375. The molecule has 0 unspecified atom stereocenters. The van der Waals surface area contributed by atoms with Gasteiger partial charge in [-0.05, 0) is 0 Å². The SMILES string of the molecule is CCO[I-]OCC.c1ccccc1. The Morgan fingerprint density at radius 1 is 0.769 bits per heavy atom. The minimum Gasteiger partial charge on any atom is -0.0623 e. The molecule has 13 heavy (non-hydrogen) atoms. The molecule has 3 heteroatoms. The summed E-state index contributed by atoms with van der Waals surface area (Å²) in [5.74, 6) is 0. The summed E-state index contributed by atoms with van der Waals surface area (Å²) < 4.78 is 9.92. The second kappa shape index (κ2) is 11.9. The number of hydrogen-bond donors (Lipinski definition) is 0. The van der Waals surface area contributed by atoms with Crippen molar-refractivity contribution >= 4 is 0 Å². The zero-order valence-corrected chi connectivity index (χ0v) is 10.2. The molecule has 0 N–H and O–H groups in total. The molecule has 0 atom stereocenters. The topological polar surface area (TPSA) is 18.5 Å². The van der Waals surface area contributed by atoms with Crippen molar-refractivity contribution in [2.24, 2.45) is 0 Å². The molecular weight excluding hydrogens is 279 g/mol.